The molecule has 1 N–H and O–H groups in total. The number of rotatable bonds is 3. The van der Waals surface area contributed by atoms with Crippen LogP contribution in [0.25, 0.3) is 0 Å². The van der Waals surface area contributed by atoms with Crippen LogP contribution >= 0.6 is 0 Å². The predicted octanol–water partition coefficient (Wildman–Crippen LogP) is 1.52. The molecule has 2 fully saturated rings. The first kappa shape index (κ1) is 10.7. The smallest absolute Gasteiger partial charge is 0.308 e. The summed E-state index contributed by atoms with van der Waals surface area (Å²) in [6, 6.07) is 4.68. The Morgan fingerprint density at radius 3 is 3.06 bits per heavy atom. The van der Waals surface area contributed by atoms with E-state index in [1.54, 1.807) is 6.20 Å². The molecule has 2 aliphatic heterocycles. The molecule has 2 aliphatic rings. The maximum atomic E-state index is 11.2. The van der Waals surface area contributed by atoms with Gasteiger partial charge in [0.05, 0.1) is 5.92 Å². The Morgan fingerprint density at radius 2 is 2.41 bits per heavy atom. The van der Waals surface area contributed by atoms with Crippen LogP contribution in [-0.4, -0.2) is 33.0 Å². The summed E-state index contributed by atoms with van der Waals surface area (Å²) in [7, 11) is 0. The van der Waals surface area contributed by atoms with Gasteiger partial charge in [-0.3, -0.25) is 14.7 Å². The van der Waals surface area contributed by atoms with Crippen molar-refractivity contribution in [3.63, 3.8) is 0 Å². The number of carbonyl (C=O) groups is 1. The molecule has 4 nitrogen and oxygen atoms in total. The van der Waals surface area contributed by atoms with Crippen LogP contribution in [0.2, 0.25) is 0 Å². The van der Waals surface area contributed by atoms with Crippen molar-refractivity contribution in [3.05, 3.63) is 30.1 Å². The van der Waals surface area contributed by atoms with E-state index >= 15 is 0 Å². The number of pyridine rings is 1. The molecule has 3 rings (SSSR count). The quantitative estimate of drug-likeness (QED) is 0.858. The fourth-order valence-electron chi connectivity index (χ4n) is 3.32. The Bertz CT molecular complexity index is 421. The molecule has 90 valence electrons. The predicted molar refractivity (Wildman–Crippen MR) is 62.3 cm³/mol. The summed E-state index contributed by atoms with van der Waals surface area (Å²) in [5.74, 6) is -0.793. The monoisotopic (exact) mass is 232 g/mol. The van der Waals surface area contributed by atoms with Crippen molar-refractivity contribution in [2.45, 2.75) is 37.9 Å². The first-order valence-corrected chi connectivity index (χ1v) is 6.13. The number of carboxylic acid groups (broad SMARTS) is 1. The molecule has 0 aliphatic carbocycles. The molecule has 0 amide bonds. The van der Waals surface area contributed by atoms with Crippen molar-refractivity contribution in [1.82, 2.24) is 9.88 Å². The highest BCUT2D eigenvalue weighted by atomic mass is 16.4. The minimum atomic E-state index is -0.631. The highest BCUT2D eigenvalue weighted by molar-refractivity contribution is 5.71. The number of hydrogen-bond donors (Lipinski definition) is 1. The number of carboxylic acids is 1. The van der Waals surface area contributed by atoms with Gasteiger partial charge in [-0.2, -0.15) is 0 Å². The van der Waals surface area contributed by atoms with Gasteiger partial charge in [0.2, 0.25) is 0 Å². The zero-order valence-corrected chi connectivity index (χ0v) is 9.62. The number of nitrogens with zero attached hydrogens (tertiary/aromatic N) is 2. The number of aromatic nitrogens is 1. The van der Waals surface area contributed by atoms with E-state index in [-0.39, 0.29) is 12.0 Å². The van der Waals surface area contributed by atoms with E-state index < -0.39 is 5.97 Å². The number of hydrogen-bond acceptors (Lipinski definition) is 3. The molecule has 17 heavy (non-hydrogen) atoms. The second-order valence-electron chi connectivity index (χ2n) is 5.01. The Kier molecular flexibility index (Phi) is 2.59. The van der Waals surface area contributed by atoms with Crippen LogP contribution in [0.15, 0.2) is 24.5 Å². The van der Waals surface area contributed by atoms with Crippen LogP contribution in [0.5, 0.6) is 0 Å². The van der Waals surface area contributed by atoms with Crippen molar-refractivity contribution < 1.29 is 9.90 Å². The van der Waals surface area contributed by atoms with Gasteiger partial charge < -0.3 is 5.11 Å². The SMILES string of the molecule is O=C(O)C1CC2CCC1N2Cc1cccnc1. The average molecular weight is 232 g/mol. The average Bonchev–Trinajstić information content (AvgIpc) is 2.88. The molecule has 0 aromatic carbocycles. The molecule has 1 aromatic heterocycles. The van der Waals surface area contributed by atoms with Gasteiger partial charge in [-0.15, -0.1) is 0 Å². The Hall–Kier alpha value is -1.42. The van der Waals surface area contributed by atoms with Crippen molar-refractivity contribution in [3.8, 4) is 0 Å². The molecule has 2 bridgehead atoms. The molecule has 0 spiro atoms. The minimum Gasteiger partial charge on any atom is -0.481 e. The lowest BCUT2D eigenvalue weighted by atomic mass is 9.89. The third-order valence-corrected chi connectivity index (χ3v) is 4.09. The van der Waals surface area contributed by atoms with E-state index in [0.717, 1.165) is 25.8 Å². The summed E-state index contributed by atoms with van der Waals surface area (Å²) in [6.45, 7) is 0.840. The Morgan fingerprint density at radius 1 is 1.53 bits per heavy atom. The van der Waals surface area contributed by atoms with Gasteiger partial charge in [0.25, 0.3) is 0 Å². The van der Waals surface area contributed by atoms with E-state index in [1.807, 2.05) is 12.3 Å². The van der Waals surface area contributed by atoms with Crippen LogP contribution in [0.1, 0.15) is 24.8 Å². The zero-order chi connectivity index (χ0) is 11.8. The van der Waals surface area contributed by atoms with Gasteiger partial charge in [0.1, 0.15) is 0 Å². The van der Waals surface area contributed by atoms with Crippen LogP contribution in [0.3, 0.4) is 0 Å². The second kappa shape index (κ2) is 4.11. The lowest BCUT2D eigenvalue weighted by molar-refractivity contribution is -0.142. The molecule has 3 unspecified atom stereocenters. The number of aliphatic carboxylic acids is 1. The van der Waals surface area contributed by atoms with Crippen LogP contribution in [0.4, 0.5) is 0 Å². The highest BCUT2D eigenvalue weighted by Crippen LogP contribution is 2.42. The van der Waals surface area contributed by atoms with Crippen molar-refractivity contribution >= 4 is 5.97 Å². The summed E-state index contributed by atoms with van der Waals surface area (Å²) < 4.78 is 0. The molecule has 0 saturated carbocycles. The summed E-state index contributed by atoms with van der Waals surface area (Å²) in [6.07, 6.45) is 6.63. The maximum absolute atomic E-state index is 11.2. The first-order valence-electron chi connectivity index (χ1n) is 6.13. The topological polar surface area (TPSA) is 53.4 Å². The normalized spacial score (nSPS) is 31.9. The first-order chi connectivity index (χ1) is 8.25. The summed E-state index contributed by atoms with van der Waals surface area (Å²) in [4.78, 5) is 17.6. The van der Waals surface area contributed by atoms with E-state index in [1.165, 1.54) is 5.56 Å². The minimum absolute atomic E-state index is 0.162. The van der Waals surface area contributed by atoms with Gasteiger partial charge in [0.15, 0.2) is 0 Å². The molecule has 0 radical (unpaired) electrons. The van der Waals surface area contributed by atoms with Gasteiger partial charge in [-0.1, -0.05) is 6.07 Å². The second-order valence-corrected chi connectivity index (χ2v) is 5.01. The van der Waals surface area contributed by atoms with E-state index in [2.05, 4.69) is 16.0 Å². The summed E-state index contributed by atoms with van der Waals surface area (Å²) in [5, 5.41) is 9.18. The van der Waals surface area contributed by atoms with Crippen molar-refractivity contribution in [2.75, 3.05) is 0 Å². The fourth-order valence-corrected chi connectivity index (χ4v) is 3.32. The van der Waals surface area contributed by atoms with Crippen LogP contribution in [0, 0.1) is 5.92 Å². The standard InChI is InChI=1S/C13H16N2O2/c16-13(17)11-6-10-3-4-12(11)15(10)8-9-2-1-5-14-7-9/h1-2,5,7,10-12H,3-4,6,8H2,(H,16,17). The third-order valence-electron chi connectivity index (χ3n) is 4.09. The molecular weight excluding hydrogens is 216 g/mol. The lowest BCUT2D eigenvalue weighted by Crippen LogP contribution is -2.32. The van der Waals surface area contributed by atoms with Crippen LogP contribution < -0.4 is 0 Å². The Balaban J connectivity index is 1.75. The van der Waals surface area contributed by atoms with Gasteiger partial charge >= 0.3 is 5.97 Å². The Labute approximate surface area is 100 Å². The van der Waals surface area contributed by atoms with Crippen LogP contribution in [-0.2, 0) is 11.3 Å². The van der Waals surface area contributed by atoms with E-state index in [4.69, 9.17) is 0 Å². The zero-order valence-electron chi connectivity index (χ0n) is 9.62. The number of fused-ring (bicyclic) bond motifs is 2. The van der Waals surface area contributed by atoms with E-state index in [9.17, 15) is 9.90 Å². The summed E-state index contributed by atoms with van der Waals surface area (Å²) >= 11 is 0. The highest BCUT2D eigenvalue weighted by Gasteiger charge is 2.48. The van der Waals surface area contributed by atoms with Crippen molar-refractivity contribution in [2.24, 2.45) is 5.92 Å². The fraction of sp³-hybridized carbons (Fsp3) is 0.538. The maximum Gasteiger partial charge on any atom is 0.308 e. The van der Waals surface area contributed by atoms with Crippen molar-refractivity contribution in [1.29, 1.82) is 0 Å². The lowest BCUT2D eigenvalue weighted by Gasteiger charge is -2.22. The van der Waals surface area contributed by atoms with Gasteiger partial charge in [0, 0.05) is 31.0 Å². The van der Waals surface area contributed by atoms with E-state index in [0.29, 0.717) is 6.04 Å². The molecule has 1 aromatic rings. The molecule has 3 heterocycles. The largest absolute Gasteiger partial charge is 0.481 e. The third kappa shape index (κ3) is 1.82. The molecule has 2 saturated heterocycles. The molecule has 3 atom stereocenters. The molecule has 4 heteroatoms. The van der Waals surface area contributed by atoms with Gasteiger partial charge in [-0.05, 0) is 30.9 Å². The molecular formula is C13H16N2O2. The summed E-state index contributed by atoms with van der Waals surface area (Å²) in [5.41, 5.74) is 1.18. The van der Waals surface area contributed by atoms with Gasteiger partial charge in [-0.25, -0.2) is 0 Å².